The molecule has 1 unspecified atom stereocenters. The molecule has 1 aromatic rings. The van der Waals surface area contributed by atoms with Crippen LogP contribution in [0, 0.1) is 5.41 Å². The molecule has 0 aromatic carbocycles. The highest BCUT2D eigenvalue weighted by Gasteiger charge is 2.21. The van der Waals surface area contributed by atoms with Gasteiger partial charge in [0.05, 0.1) is 16.9 Å². The summed E-state index contributed by atoms with van der Waals surface area (Å²) in [5.41, 5.74) is 7.40. The smallest absolute Gasteiger partial charge is 0.0817 e. The predicted octanol–water partition coefficient (Wildman–Crippen LogP) is 3.42. The Hall–Kier alpha value is -0.540. The van der Waals surface area contributed by atoms with Gasteiger partial charge in [0.1, 0.15) is 0 Å². The van der Waals surface area contributed by atoms with E-state index in [0.29, 0.717) is 6.04 Å². The first kappa shape index (κ1) is 14.5. The molecular weight excluding hydrogens is 234 g/mol. The molecule has 0 aliphatic rings. The summed E-state index contributed by atoms with van der Waals surface area (Å²) in [6.07, 6.45) is 3.54. The maximum absolute atomic E-state index is 6.17. The Morgan fingerprint density at radius 1 is 1.41 bits per heavy atom. The maximum atomic E-state index is 6.17. The van der Waals surface area contributed by atoms with Gasteiger partial charge in [0.25, 0.3) is 0 Å². The molecule has 1 heterocycles. The van der Waals surface area contributed by atoms with Crippen molar-refractivity contribution in [2.45, 2.75) is 59.5 Å². The van der Waals surface area contributed by atoms with E-state index in [1.807, 2.05) is 4.68 Å². The molecule has 0 radical (unpaired) electrons. The molecule has 4 heteroatoms. The lowest BCUT2D eigenvalue weighted by Crippen LogP contribution is -2.35. The topological polar surface area (TPSA) is 43.8 Å². The molecule has 0 spiro atoms. The Kier molecular flexibility index (Phi) is 4.62. The minimum Gasteiger partial charge on any atom is -0.327 e. The van der Waals surface area contributed by atoms with Gasteiger partial charge in [-0.05, 0) is 32.1 Å². The molecule has 0 aliphatic heterocycles. The Bertz CT molecular complexity index is 363. The summed E-state index contributed by atoms with van der Waals surface area (Å²) in [6, 6.07) is 0.512. The molecule has 0 amide bonds. The number of nitrogens with two attached hydrogens (primary N) is 1. The lowest BCUT2D eigenvalue weighted by molar-refractivity contribution is 0.303. The highest BCUT2D eigenvalue weighted by molar-refractivity contribution is 6.31. The molecule has 0 aliphatic carbocycles. The van der Waals surface area contributed by atoms with Crippen molar-refractivity contribution < 1.29 is 0 Å². The molecular formula is C13H24ClN3. The zero-order valence-corrected chi connectivity index (χ0v) is 12.3. The molecule has 1 rings (SSSR count). The molecule has 17 heavy (non-hydrogen) atoms. The van der Waals surface area contributed by atoms with Crippen molar-refractivity contribution in [1.82, 2.24) is 9.78 Å². The molecule has 0 fully saturated rings. The van der Waals surface area contributed by atoms with Crippen LogP contribution in [-0.4, -0.2) is 15.8 Å². The molecule has 2 N–H and O–H groups in total. The first-order valence-corrected chi connectivity index (χ1v) is 6.58. The van der Waals surface area contributed by atoms with Crippen LogP contribution in [0.3, 0.4) is 0 Å². The van der Waals surface area contributed by atoms with E-state index in [4.69, 9.17) is 17.3 Å². The Morgan fingerprint density at radius 3 is 2.47 bits per heavy atom. The van der Waals surface area contributed by atoms with E-state index in [9.17, 15) is 0 Å². The number of aromatic nitrogens is 2. The zero-order valence-electron chi connectivity index (χ0n) is 11.5. The van der Waals surface area contributed by atoms with E-state index < -0.39 is 0 Å². The van der Waals surface area contributed by atoms with Gasteiger partial charge >= 0.3 is 0 Å². The van der Waals surface area contributed by atoms with Crippen LogP contribution in [0.25, 0.3) is 0 Å². The third-order valence-corrected chi connectivity index (χ3v) is 3.46. The largest absolute Gasteiger partial charge is 0.327 e. The standard InChI is InChI=1S/C13H24ClN3/c1-9(2)17-11(10(14)8-16-17)6-7-12(15)13(3,4)5/h8-9,12H,6-7,15H2,1-5H3. The zero-order chi connectivity index (χ0) is 13.2. The Balaban J connectivity index is 2.72. The van der Waals surface area contributed by atoms with Crippen molar-refractivity contribution in [3.05, 3.63) is 16.9 Å². The van der Waals surface area contributed by atoms with Crippen LogP contribution in [0.15, 0.2) is 6.20 Å². The molecule has 0 bridgehead atoms. The highest BCUT2D eigenvalue weighted by atomic mass is 35.5. The first-order valence-electron chi connectivity index (χ1n) is 6.21. The molecule has 0 saturated carbocycles. The van der Waals surface area contributed by atoms with Crippen LogP contribution >= 0.6 is 11.6 Å². The van der Waals surface area contributed by atoms with Crippen LogP contribution in [0.5, 0.6) is 0 Å². The van der Waals surface area contributed by atoms with Crippen molar-refractivity contribution in [3.63, 3.8) is 0 Å². The van der Waals surface area contributed by atoms with Gasteiger partial charge in [-0.25, -0.2) is 0 Å². The molecule has 0 saturated heterocycles. The van der Waals surface area contributed by atoms with Crippen molar-refractivity contribution in [2.24, 2.45) is 11.1 Å². The lowest BCUT2D eigenvalue weighted by atomic mass is 9.84. The summed E-state index contributed by atoms with van der Waals surface area (Å²) in [4.78, 5) is 0. The minimum absolute atomic E-state index is 0.134. The molecule has 3 nitrogen and oxygen atoms in total. The first-order chi connectivity index (χ1) is 7.73. The average molecular weight is 258 g/mol. The van der Waals surface area contributed by atoms with Gasteiger partial charge in [-0.2, -0.15) is 5.10 Å². The van der Waals surface area contributed by atoms with Gasteiger partial charge < -0.3 is 5.73 Å². The van der Waals surface area contributed by atoms with Crippen molar-refractivity contribution in [1.29, 1.82) is 0 Å². The van der Waals surface area contributed by atoms with E-state index in [0.717, 1.165) is 23.6 Å². The summed E-state index contributed by atoms with van der Waals surface area (Å²) in [6.45, 7) is 10.7. The van der Waals surface area contributed by atoms with E-state index in [1.54, 1.807) is 6.20 Å². The van der Waals surface area contributed by atoms with Crippen molar-refractivity contribution in [2.75, 3.05) is 0 Å². The fraction of sp³-hybridized carbons (Fsp3) is 0.769. The normalized spacial score (nSPS) is 14.4. The fourth-order valence-electron chi connectivity index (χ4n) is 1.77. The molecule has 1 aromatic heterocycles. The Labute approximate surface area is 109 Å². The minimum atomic E-state index is 0.134. The van der Waals surface area contributed by atoms with Gasteiger partial charge in [0.2, 0.25) is 0 Å². The van der Waals surface area contributed by atoms with Gasteiger partial charge in [0, 0.05) is 12.1 Å². The van der Waals surface area contributed by atoms with Gasteiger partial charge in [-0.3, -0.25) is 4.68 Å². The van der Waals surface area contributed by atoms with Crippen molar-refractivity contribution >= 4 is 11.6 Å². The summed E-state index contributed by atoms with van der Waals surface area (Å²) >= 11 is 6.16. The number of halogens is 1. The Morgan fingerprint density at radius 2 is 2.00 bits per heavy atom. The molecule has 1 atom stereocenters. The second kappa shape index (κ2) is 5.40. The quantitative estimate of drug-likeness (QED) is 0.898. The second-order valence-electron chi connectivity index (χ2n) is 5.99. The SMILES string of the molecule is CC(C)n1ncc(Cl)c1CCC(N)C(C)(C)C. The molecule has 98 valence electrons. The number of hydrogen-bond donors (Lipinski definition) is 1. The van der Waals surface area contributed by atoms with E-state index >= 15 is 0 Å². The highest BCUT2D eigenvalue weighted by Crippen LogP contribution is 2.25. The third-order valence-electron chi connectivity index (χ3n) is 3.14. The third kappa shape index (κ3) is 3.71. The van der Waals surface area contributed by atoms with Crippen LogP contribution in [0.1, 0.15) is 52.8 Å². The lowest BCUT2D eigenvalue weighted by Gasteiger charge is -2.27. The summed E-state index contributed by atoms with van der Waals surface area (Å²) in [5.74, 6) is 0. The van der Waals surface area contributed by atoms with E-state index in [2.05, 4.69) is 39.7 Å². The average Bonchev–Trinajstić information content (AvgIpc) is 2.54. The van der Waals surface area contributed by atoms with E-state index in [-0.39, 0.29) is 11.5 Å². The second-order valence-corrected chi connectivity index (χ2v) is 6.40. The van der Waals surface area contributed by atoms with Crippen LogP contribution in [0.2, 0.25) is 5.02 Å². The van der Waals surface area contributed by atoms with Gasteiger partial charge in [-0.15, -0.1) is 0 Å². The predicted molar refractivity (Wildman–Crippen MR) is 73.4 cm³/mol. The van der Waals surface area contributed by atoms with Gasteiger partial charge in [0.15, 0.2) is 0 Å². The maximum Gasteiger partial charge on any atom is 0.0817 e. The number of rotatable bonds is 4. The van der Waals surface area contributed by atoms with Gasteiger partial charge in [-0.1, -0.05) is 32.4 Å². The van der Waals surface area contributed by atoms with E-state index in [1.165, 1.54) is 0 Å². The monoisotopic (exact) mass is 257 g/mol. The summed E-state index contributed by atoms with van der Waals surface area (Å²) < 4.78 is 1.98. The number of nitrogens with zero attached hydrogens (tertiary/aromatic N) is 2. The summed E-state index contributed by atoms with van der Waals surface area (Å²) in [7, 11) is 0. The fourth-order valence-corrected chi connectivity index (χ4v) is 2.00. The van der Waals surface area contributed by atoms with Crippen LogP contribution in [0.4, 0.5) is 0 Å². The number of hydrogen-bond acceptors (Lipinski definition) is 2. The van der Waals surface area contributed by atoms with Crippen LogP contribution in [-0.2, 0) is 6.42 Å². The summed E-state index contributed by atoms with van der Waals surface area (Å²) in [5, 5.41) is 5.05. The van der Waals surface area contributed by atoms with Crippen molar-refractivity contribution in [3.8, 4) is 0 Å². The van der Waals surface area contributed by atoms with Crippen LogP contribution < -0.4 is 5.73 Å².